The summed E-state index contributed by atoms with van der Waals surface area (Å²) in [5.41, 5.74) is 0.999. The SMILES string of the molecule is C=C(N=C(C)/C=C\C)C(=O)NC. The lowest BCUT2D eigenvalue weighted by atomic mass is 10.3. The van der Waals surface area contributed by atoms with Crippen molar-refractivity contribution in [2.45, 2.75) is 13.8 Å². The molecule has 1 amide bonds. The first-order valence-corrected chi connectivity index (χ1v) is 3.70. The fraction of sp³-hybridized carbons (Fsp3) is 0.333. The molecule has 0 atom stereocenters. The van der Waals surface area contributed by atoms with Gasteiger partial charge in [-0.25, -0.2) is 4.99 Å². The van der Waals surface area contributed by atoms with E-state index in [1.54, 1.807) is 7.05 Å². The topological polar surface area (TPSA) is 41.5 Å². The summed E-state index contributed by atoms with van der Waals surface area (Å²) in [6, 6.07) is 0. The Morgan fingerprint density at radius 3 is 2.58 bits per heavy atom. The number of amides is 1. The molecule has 0 rings (SSSR count). The van der Waals surface area contributed by atoms with Gasteiger partial charge in [-0.2, -0.15) is 0 Å². The van der Waals surface area contributed by atoms with E-state index in [1.165, 1.54) is 0 Å². The highest BCUT2D eigenvalue weighted by Gasteiger charge is 2.00. The quantitative estimate of drug-likeness (QED) is 0.498. The summed E-state index contributed by atoms with van der Waals surface area (Å²) in [4.78, 5) is 14.9. The Kier molecular flexibility index (Phi) is 4.69. The Labute approximate surface area is 72.9 Å². The first kappa shape index (κ1) is 10.6. The molecule has 0 radical (unpaired) electrons. The molecule has 66 valence electrons. The van der Waals surface area contributed by atoms with Crippen molar-refractivity contribution < 1.29 is 4.79 Å². The van der Waals surface area contributed by atoms with Crippen LogP contribution >= 0.6 is 0 Å². The monoisotopic (exact) mass is 166 g/mol. The van der Waals surface area contributed by atoms with Crippen LogP contribution in [0, 0.1) is 0 Å². The molecule has 1 N–H and O–H groups in total. The first-order chi connectivity index (χ1) is 5.61. The Morgan fingerprint density at radius 1 is 1.58 bits per heavy atom. The van der Waals surface area contributed by atoms with E-state index < -0.39 is 0 Å². The van der Waals surface area contributed by atoms with Gasteiger partial charge in [0.05, 0.1) is 0 Å². The van der Waals surface area contributed by atoms with Crippen molar-refractivity contribution in [2.75, 3.05) is 7.05 Å². The second-order valence-corrected chi connectivity index (χ2v) is 2.28. The lowest BCUT2D eigenvalue weighted by Crippen LogP contribution is -2.18. The number of hydrogen-bond acceptors (Lipinski definition) is 2. The smallest absolute Gasteiger partial charge is 0.269 e. The molecule has 0 aliphatic rings. The molecule has 0 spiro atoms. The molecule has 3 heteroatoms. The van der Waals surface area contributed by atoms with Crippen LogP contribution in [-0.2, 0) is 4.79 Å². The average molecular weight is 166 g/mol. The largest absolute Gasteiger partial charge is 0.354 e. The Morgan fingerprint density at radius 2 is 2.17 bits per heavy atom. The van der Waals surface area contributed by atoms with Crippen LogP contribution < -0.4 is 5.32 Å². The highest BCUT2D eigenvalue weighted by molar-refractivity contribution is 5.99. The first-order valence-electron chi connectivity index (χ1n) is 3.70. The second kappa shape index (κ2) is 5.29. The average Bonchev–Trinajstić information content (AvgIpc) is 2.03. The summed E-state index contributed by atoms with van der Waals surface area (Å²) in [6.07, 6.45) is 3.67. The number of rotatable bonds is 3. The lowest BCUT2D eigenvalue weighted by Gasteiger charge is -1.97. The number of nitrogens with one attached hydrogen (secondary N) is 1. The summed E-state index contributed by atoms with van der Waals surface area (Å²) < 4.78 is 0. The number of nitrogens with zero attached hydrogens (tertiary/aromatic N) is 1. The molecule has 0 saturated carbocycles. The molecule has 0 aliphatic carbocycles. The van der Waals surface area contributed by atoms with Crippen molar-refractivity contribution in [1.82, 2.24) is 5.32 Å². The molecule has 0 bridgehead atoms. The van der Waals surface area contributed by atoms with Gasteiger partial charge in [0, 0.05) is 12.8 Å². The van der Waals surface area contributed by atoms with Crippen molar-refractivity contribution in [3.8, 4) is 0 Å². The minimum absolute atomic E-state index is 0.230. The third-order valence-corrected chi connectivity index (χ3v) is 1.21. The van der Waals surface area contributed by atoms with Gasteiger partial charge in [0.25, 0.3) is 5.91 Å². The highest BCUT2D eigenvalue weighted by atomic mass is 16.1. The van der Waals surface area contributed by atoms with Crippen molar-refractivity contribution in [3.63, 3.8) is 0 Å². The number of hydrogen-bond donors (Lipinski definition) is 1. The van der Waals surface area contributed by atoms with E-state index in [0.717, 1.165) is 5.71 Å². The van der Waals surface area contributed by atoms with Crippen LogP contribution in [0.15, 0.2) is 29.4 Å². The Balaban J connectivity index is 4.33. The second-order valence-electron chi connectivity index (χ2n) is 2.28. The van der Waals surface area contributed by atoms with E-state index in [-0.39, 0.29) is 11.6 Å². The molecule has 0 heterocycles. The number of likely N-dealkylation sites (N-methyl/N-ethyl adjacent to an activating group) is 1. The molecule has 0 aliphatic heterocycles. The predicted octanol–water partition coefficient (Wildman–Crippen LogP) is 1.28. The minimum atomic E-state index is -0.251. The number of aliphatic imine (C=N–C) groups is 1. The highest BCUT2D eigenvalue weighted by Crippen LogP contribution is 1.94. The fourth-order valence-corrected chi connectivity index (χ4v) is 0.686. The van der Waals surface area contributed by atoms with Gasteiger partial charge in [0.1, 0.15) is 5.70 Å². The van der Waals surface area contributed by atoms with Gasteiger partial charge >= 0.3 is 0 Å². The van der Waals surface area contributed by atoms with Gasteiger partial charge in [-0.3, -0.25) is 4.79 Å². The summed E-state index contributed by atoms with van der Waals surface area (Å²) in [7, 11) is 1.55. The summed E-state index contributed by atoms with van der Waals surface area (Å²) >= 11 is 0. The molecule has 0 fully saturated rings. The summed E-state index contributed by atoms with van der Waals surface area (Å²) in [5, 5.41) is 2.44. The summed E-state index contributed by atoms with van der Waals surface area (Å²) in [6.45, 7) is 7.22. The number of carbonyl (C=O) groups excluding carboxylic acids is 1. The van der Waals surface area contributed by atoms with Crippen LogP contribution in [0.3, 0.4) is 0 Å². The van der Waals surface area contributed by atoms with Crippen molar-refractivity contribution in [2.24, 2.45) is 4.99 Å². The van der Waals surface area contributed by atoms with Crippen LogP contribution in [0.1, 0.15) is 13.8 Å². The van der Waals surface area contributed by atoms with Crippen molar-refractivity contribution in [1.29, 1.82) is 0 Å². The van der Waals surface area contributed by atoms with Gasteiger partial charge in [-0.05, 0) is 19.9 Å². The van der Waals surface area contributed by atoms with E-state index in [0.29, 0.717) is 0 Å². The van der Waals surface area contributed by atoms with Crippen molar-refractivity contribution in [3.05, 3.63) is 24.4 Å². The predicted molar refractivity (Wildman–Crippen MR) is 51.1 cm³/mol. The van der Waals surface area contributed by atoms with Gasteiger partial charge in [0.2, 0.25) is 0 Å². The maximum Gasteiger partial charge on any atom is 0.269 e. The van der Waals surface area contributed by atoms with E-state index in [9.17, 15) is 4.79 Å². The molecule has 0 unspecified atom stereocenters. The Hall–Kier alpha value is -1.38. The molecule has 12 heavy (non-hydrogen) atoms. The minimum Gasteiger partial charge on any atom is -0.354 e. The van der Waals surface area contributed by atoms with Crippen molar-refractivity contribution >= 4 is 11.6 Å². The Bertz CT molecular complexity index is 239. The normalized spacial score (nSPS) is 11.8. The number of carbonyl (C=O) groups is 1. The zero-order chi connectivity index (χ0) is 9.56. The van der Waals surface area contributed by atoms with Gasteiger partial charge in [-0.1, -0.05) is 12.7 Å². The van der Waals surface area contributed by atoms with E-state index in [2.05, 4.69) is 16.9 Å². The molecule has 0 aromatic carbocycles. The zero-order valence-corrected chi connectivity index (χ0v) is 7.72. The van der Waals surface area contributed by atoms with Crippen LogP contribution in [0.5, 0.6) is 0 Å². The third-order valence-electron chi connectivity index (χ3n) is 1.21. The maximum atomic E-state index is 10.9. The molecule has 0 saturated heterocycles. The molecule has 0 aromatic rings. The van der Waals surface area contributed by atoms with Crippen LogP contribution in [0.25, 0.3) is 0 Å². The molecule has 0 aromatic heterocycles. The van der Waals surface area contributed by atoms with Gasteiger partial charge in [-0.15, -0.1) is 0 Å². The zero-order valence-electron chi connectivity index (χ0n) is 7.72. The van der Waals surface area contributed by atoms with Crippen LogP contribution in [-0.4, -0.2) is 18.7 Å². The van der Waals surface area contributed by atoms with E-state index >= 15 is 0 Å². The van der Waals surface area contributed by atoms with Crippen LogP contribution in [0.4, 0.5) is 0 Å². The molecule has 3 nitrogen and oxygen atoms in total. The van der Waals surface area contributed by atoms with E-state index in [4.69, 9.17) is 0 Å². The third kappa shape index (κ3) is 3.71. The fourth-order valence-electron chi connectivity index (χ4n) is 0.686. The molecular weight excluding hydrogens is 152 g/mol. The number of allylic oxidation sites excluding steroid dienone is 2. The summed E-state index contributed by atoms with van der Waals surface area (Å²) in [5.74, 6) is -0.251. The van der Waals surface area contributed by atoms with Crippen LogP contribution in [0.2, 0.25) is 0 Å². The standard InChI is InChI=1S/C9H14N2O/c1-5-6-7(2)11-8(3)9(12)10-4/h5-6H,3H2,1-2,4H3,(H,10,12)/b6-5-,11-7?. The van der Waals surface area contributed by atoms with Gasteiger partial charge < -0.3 is 5.32 Å². The molecular formula is C9H14N2O. The maximum absolute atomic E-state index is 10.9. The van der Waals surface area contributed by atoms with Gasteiger partial charge in [0.15, 0.2) is 0 Å². The lowest BCUT2D eigenvalue weighted by molar-refractivity contribution is -0.117. The van der Waals surface area contributed by atoms with E-state index in [1.807, 2.05) is 26.0 Å².